The third-order valence-electron chi connectivity index (χ3n) is 5.52. The van der Waals surface area contributed by atoms with Crippen LogP contribution in [0.3, 0.4) is 0 Å². The van der Waals surface area contributed by atoms with E-state index in [2.05, 4.69) is 0 Å². The Morgan fingerprint density at radius 2 is 2.14 bits per heavy atom. The van der Waals surface area contributed by atoms with Crippen molar-refractivity contribution < 1.29 is 9.53 Å². The average Bonchev–Trinajstić information content (AvgIpc) is 3.31. The molecule has 0 radical (unpaired) electrons. The molecule has 0 bridgehead atoms. The Balaban J connectivity index is 1.79. The third kappa shape index (κ3) is 3.74. The maximum Gasteiger partial charge on any atom is 0.263 e. The Bertz CT molecular complexity index is 944. The fourth-order valence-electron chi connectivity index (χ4n) is 4.03. The number of thioether (sulfide) groups is 1. The molecule has 2 aromatic heterocycles. The lowest BCUT2D eigenvalue weighted by Gasteiger charge is -2.20. The van der Waals surface area contributed by atoms with Gasteiger partial charge < -0.3 is 9.64 Å². The first-order valence-corrected chi connectivity index (χ1v) is 11.7. The van der Waals surface area contributed by atoms with Crippen molar-refractivity contribution in [3.05, 3.63) is 20.8 Å². The molecule has 1 aliphatic heterocycles. The summed E-state index contributed by atoms with van der Waals surface area (Å²) in [5.41, 5.74) is 1.24. The van der Waals surface area contributed by atoms with Gasteiger partial charge >= 0.3 is 0 Å². The molecule has 0 N–H and O–H groups in total. The van der Waals surface area contributed by atoms with Crippen LogP contribution in [0.2, 0.25) is 0 Å². The molecule has 152 valence electrons. The smallest absolute Gasteiger partial charge is 0.263 e. The second kappa shape index (κ2) is 8.16. The highest BCUT2D eigenvalue weighted by Crippen LogP contribution is 2.35. The van der Waals surface area contributed by atoms with Crippen LogP contribution in [0.5, 0.6) is 0 Å². The molecule has 0 unspecified atom stereocenters. The maximum atomic E-state index is 13.5. The van der Waals surface area contributed by atoms with E-state index in [0.717, 1.165) is 48.9 Å². The van der Waals surface area contributed by atoms with Crippen molar-refractivity contribution in [1.82, 2.24) is 14.5 Å². The third-order valence-corrected chi connectivity index (χ3v) is 7.78. The van der Waals surface area contributed by atoms with Gasteiger partial charge in [0.05, 0.1) is 23.3 Å². The SMILES string of the molecule is C[C@H](Sc1nc2sc3c(c2c(=O)n1C[C@H]1CCCO1)CCCC3)C(=O)N(C)C. The number of hydrogen-bond acceptors (Lipinski definition) is 6. The summed E-state index contributed by atoms with van der Waals surface area (Å²) >= 11 is 3.03. The summed E-state index contributed by atoms with van der Waals surface area (Å²) in [7, 11) is 3.51. The predicted octanol–water partition coefficient (Wildman–Crippen LogP) is 3.08. The Hall–Kier alpha value is -1.38. The van der Waals surface area contributed by atoms with Crippen LogP contribution in [0, 0.1) is 0 Å². The van der Waals surface area contributed by atoms with Gasteiger partial charge in [-0.15, -0.1) is 11.3 Å². The second-order valence-corrected chi connectivity index (χ2v) is 10.2. The summed E-state index contributed by atoms with van der Waals surface area (Å²) in [6.45, 7) is 3.14. The van der Waals surface area contributed by atoms with Crippen LogP contribution in [0.4, 0.5) is 0 Å². The van der Waals surface area contributed by atoms with Crippen molar-refractivity contribution in [3.63, 3.8) is 0 Å². The van der Waals surface area contributed by atoms with E-state index in [1.807, 2.05) is 6.92 Å². The first-order chi connectivity index (χ1) is 13.5. The van der Waals surface area contributed by atoms with Gasteiger partial charge in [0.25, 0.3) is 5.56 Å². The summed E-state index contributed by atoms with van der Waals surface area (Å²) in [5, 5.41) is 1.13. The number of nitrogens with zero attached hydrogens (tertiary/aromatic N) is 3. The molecule has 8 heteroatoms. The summed E-state index contributed by atoms with van der Waals surface area (Å²) < 4.78 is 7.56. The molecule has 3 heterocycles. The van der Waals surface area contributed by atoms with Crippen molar-refractivity contribution in [1.29, 1.82) is 0 Å². The Labute approximate surface area is 173 Å². The van der Waals surface area contributed by atoms with E-state index >= 15 is 0 Å². The summed E-state index contributed by atoms with van der Waals surface area (Å²) in [5.74, 6) is 0.0217. The normalized spacial score (nSPS) is 20.3. The molecule has 28 heavy (non-hydrogen) atoms. The highest BCUT2D eigenvalue weighted by atomic mass is 32.2. The fourth-order valence-corrected chi connectivity index (χ4v) is 6.40. The quantitative estimate of drug-likeness (QED) is 0.548. The molecule has 1 fully saturated rings. The first kappa shape index (κ1) is 19.9. The number of hydrogen-bond donors (Lipinski definition) is 0. The van der Waals surface area contributed by atoms with E-state index < -0.39 is 0 Å². The summed E-state index contributed by atoms with van der Waals surface area (Å²) in [6.07, 6.45) is 6.36. The maximum absolute atomic E-state index is 13.5. The van der Waals surface area contributed by atoms with Crippen LogP contribution in [0.1, 0.15) is 43.0 Å². The van der Waals surface area contributed by atoms with Crippen molar-refractivity contribution in [2.24, 2.45) is 0 Å². The number of fused-ring (bicyclic) bond motifs is 3. The molecule has 2 aromatic rings. The lowest BCUT2D eigenvalue weighted by Crippen LogP contribution is -2.32. The van der Waals surface area contributed by atoms with Gasteiger partial charge in [-0.3, -0.25) is 14.2 Å². The Morgan fingerprint density at radius 3 is 2.86 bits per heavy atom. The van der Waals surface area contributed by atoms with E-state index in [1.165, 1.54) is 28.6 Å². The van der Waals surface area contributed by atoms with Gasteiger partial charge in [-0.05, 0) is 51.0 Å². The highest BCUT2D eigenvalue weighted by molar-refractivity contribution is 8.00. The van der Waals surface area contributed by atoms with Gasteiger partial charge in [-0.25, -0.2) is 4.98 Å². The van der Waals surface area contributed by atoms with E-state index in [-0.39, 0.29) is 22.8 Å². The number of amides is 1. The van der Waals surface area contributed by atoms with Crippen LogP contribution in [-0.2, 0) is 28.9 Å². The van der Waals surface area contributed by atoms with Crippen LogP contribution >= 0.6 is 23.1 Å². The number of carbonyl (C=O) groups excluding carboxylic acids is 1. The number of thiophene rings is 1. The van der Waals surface area contributed by atoms with Gasteiger partial charge in [0, 0.05) is 25.6 Å². The standard InChI is InChI=1S/C20H27N3O3S2/c1-12(18(24)22(2)3)27-20-21-17-16(14-8-4-5-9-15(14)28-17)19(25)23(20)11-13-7-6-10-26-13/h12-13H,4-11H2,1-3H3/t12-,13+/m0/s1. The molecule has 1 amide bonds. The van der Waals surface area contributed by atoms with Gasteiger partial charge in [0.1, 0.15) is 4.83 Å². The molecule has 6 nitrogen and oxygen atoms in total. The predicted molar refractivity (Wildman–Crippen MR) is 114 cm³/mol. The minimum atomic E-state index is -0.301. The fraction of sp³-hybridized carbons (Fsp3) is 0.650. The molecule has 2 aliphatic rings. The van der Waals surface area contributed by atoms with Crippen LogP contribution < -0.4 is 5.56 Å². The van der Waals surface area contributed by atoms with Crippen molar-refractivity contribution in [3.8, 4) is 0 Å². The van der Waals surface area contributed by atoms with E-state index in [1.54, 1.807) is 34.9 Å². The van der Waals surface area contributed by atoms with Crippen LogP contribution in [0.25, 0.3) is 10.2 Å². The highest BCUT2D eigenvalue weighted by Gasteiger charge is 2.27. The van der Waals surface area contributed by atoms with E-state index in [4.69, 9.17) is 9.72 Å². The molecule has 0 aromatic carbocycles. The number of aromatic nitrogens is 2. The lowest BCUT2D eigenvalue weighted by atomic mass is 9.97. The largest absolute Gasteiger partial charge is 0.376 e. The van der Waals surface area contributed by atoms with Gasteiger partial charge in [0.15, 0.2) is 5.16 Å². The Kier molecular flexibility index (Phi) is 5.81. The topological polar surface area (TPSA) is 64.4 Å². The van der Waals surface area contributed by atoms with Gasteiger partial charge in [0.2, 0.25) is 5.91 Å². The van der Waals surface area contributed by atoms with Crippen molar-refractivity contribution in [2.45, 2.75) is 68.5 Å². The molecular weight excluding hydrogens is 394 g/mol. The zero-order chi connectivity index (χ0) is 19.8. The Morgan fingerprint density at radius 1 is 1.36 bits per heavy atom. The minimum Gasteiger partial charge on any atom is -0.376 e. The zero-order valence-electron chi connectivity index (χ0n) is 16.7. The molecular formula is C20H27N3O3S2. The number of carbonyl (C=O) groups is 1. The average molecular weight is 422 g/mol. The summed E-state index contributed by atoms with van der Waals surface area (Å²) in [6, 6.07) is 0. The number of rotatable bonds is 5. The van der Waals surface area contributed by atoms with E-state index in [9.17, 15) is 9.59 Å². The van der Waals surface area contributed by atoms with Crippen molar-refractivity contribution in [2.75, 3.05) is 20.7 Å². The number of ether oxygens (including phenoxy) is 1. The molecule has 1 saturated heterocycles. The molecule has 2 atom stereocenters. The number of aryl methyl sites for hydroxylation is 2. The lowest BCUT2D eigenvalue weighted by molar-refractivity contribution is -0.127. The van der Waals surface area contributed by atoms with Crippen LogP contribution in [-0.4, -0.2) is 52.4 Å². The van der Waals surface area contributed by atoms with Crippen molar-refractivity contribution >= 4 is 39.2 Å². The molecule has 4 rings (SSSR count). The zero-order valence-corrected chi connectivity index (χ0v) is 18.3. The van der Waals surface area contributed by atoms with E-state index in [0.29, 0.717) is 11.7 Å². The molecule has 1 aliphatic carbocycles. The molecule has 0 spiro atoms. The van der Waals surface area contributed by atoms with Crippen LogP contribution in [0.15, 0.2) is 9.95 Å². The second-order valence-electron chi connectivity index (χ2n) is 7.83. The minimum absolute atomic E-state index is 0.0217. The molecule has 0 saturated carbocycles. The van der Waals surface area contributed by atoms with Gasteiger partial charge in [-0.1, -0.05) is 11.8 Å². The first-order valence-electron chi connectivity index (χ1n) is 10.00. The monoisotopic (exact) mass is 421 g/mol. The summed E-state index contributed by atoms with van der Waals surface area (Å²) in [4.78, 5) is 34.5. The van der Waals surface area contributed by atoms with Gasteiger partial charge in [-0.2, -0.15) is 0 Å².